The summed E-state index contributed by atoms with van der Waals surface area (Å²) in [5, 5.41) is 0. The van der Waals surface area contributed by atoms with Gasteiger partial charge in [-0.2, -0.15) is 0 Å². The van der Waals surface area contributed by atoms with Crippen molar-refractivity contribution in [2.24, 2.45) is 0 Å². The fraction of sp³-hybridized carbons (Fsp3) is 1.00. The lowest BCUT2D eigenvalue weighted by molar-refractivity contribution is 0.337. The van der Waals surface area contributed by atoms with Crippen molar-refractivity contribution in [3.05, 3.63) is 0 Å². The van der Waals surface area contributed by atoms with Crippen molar-refractivity contribution < 1.29 is 12.8 Å². The number of alkyl halides is 1. The molecule has 2 atom stereocenters. The van der Waals surface area contributed by atoms with Gasteiger partial charge in [-0.25, -0.2) is 17.5 Å². The second-order valence-electron chi connectivity index (χ2n) is 3.00. The third-order valence-corrected chi connectivity index (χ3v) is 2.51. The Labute approximate surface area is 66.0 Å². The van der Waals surface area contributed by atoms with E-state index in [0.717, 1.165) is 6.26 Å². The van der Waals surface area contributed by atoms with E-state index < -0.39 is 16.2 Å². The summed E-state index contributed by atoms with van der Waals surface area (Å²) in [4.78, 5) is 0. The highest BCUT2D eigenvalue weighted by molar-refractivity contribution is 7.88. The van der Waals surface area contributed by atoms with Gasteiger partial charge in [0.15, 0.2) is 0 Å². The number of nitrogens with one attached hydrogen (secondary N) is 1. The van der Waals surface area contributed by atoms with Gasteiger partial charge in [0.05, 0.1) is 6.26 Å². The van der Waals surface area contributed by atoms with Gasteiger partial charge >= 0.3 is 0 Å². The summed E-state index contributed by atoms with van der Waals surface area (Å²) in [5.74, 6) is 0. The van der Waals surface area contributed by atoms with Crippen LogP contribution in [0.4, 0.5) is 4.39 Å². The molecule has 66 valence electrons. The summed E-state index contributed by atoms with van der Waals surface area (Å²) in [6, 6.07) is -0.181. The van der Waals surface area contributed by atoms with E-state index in [4.69, 9.17) is 0 Å². The number of rotatable bonds is 2. The van der Waals surface area contributed by atoms with Gasteiger partial charge in [0.2, 0.25) is 10.0 Å². The highest BCUT2D eigenvalue weighted by Crippen LogP contribution is 2.21. The largest absolute Gasteiger partial charge is 0.247 e. The molecule has 0 heterocycles. The predicted molar refractivity (Wildman–Crippen MR) is 40.5 cm³/mol. The normalized spacial score (nSPS) is 32.5. The summed E-state index contributed by atoms with van der Waals surface area (Å²) >= 11 is 0. The second-order valence-corrected chi connectivity index (χ2v) is 4.78. The van der Waals surface area contributed by atoms with E-state index in [9.17, 15) is 12.8 Å². The van der Waals surface area contributed by atoms with Crippen LogP contribution >= 0.6 is 0 Å². The summed E-state index contributed by atoms with van der Waals surface area (Å²) in [5.41, 5.74) is 0. The number of halogens is 1. The zero-order valence-electron chi connectivity index (χ0n) is 6.38. The van der Waals surface area contributed by atoms with E-state index in [2.05, 4.69) is 4.72 Å². The molecule has 0 saturated heterocycles. The molecule has 2 unspecified atom stereocenters. The molecule has 0 aromatic rings. The van der Waals surface area contributed by atoms with Gasteiger partial charge in [-0.15, -0.1) is 0 Å². The average Bonchev–Trinajstić information content (AvgIpc) is 2.10. The molecule has 1 aliphatic carbocycles. The van der Waals surface area contributed by atoms with Crippen LogP contribution in [0.5, 0.6) is 0 Å². The number of sulfonamides is 1. The molecule has 0 spiro atoms. The molecule has 0 amide bonds. The average molecular weight is 181 g/mol. The molecule has 1 aliphatic rings. The molecule has 1 saturated carbocycles. The highest BCUT2D eigenvalue weighted by Gasteiger charge is 2.25. The van der Waals surface area contributed by atoms with Crippen molar-refractivity contribution in [2.45, 2.75) is 31.5 Å². The van der Waals surface area contributed by atoms with Crippen LogP contribution in [0.15, 0.2) is 0 Å². The van der Waals surface area contributed by atoms with Crippen molar-refractivity contribution in [3.8, 4) is 0 Å². The van der Waals surface area contributed by atoms with Gasteiger partial charge < -0.3 is 0 Å². The first-order valence-corrected chi connectivity index (χ1v) is 5.48. The topological polar surface area (TPSA) is 46.2 Å². The van der Waals surface area contributed by atoms with Crippen molar-refractivity contribution in [1.29, 1.82) is 0 Å². The summed E-state index contributed by atoms with van der Waals surface area (Å²) in [6.07, 6.45) is 1.70. The Morgan fingerprint density at radius 2 is 2.09 bits per heavy atom. The molecule has 11 heavy (non-hydrogen) atoms. The van der Waals surface area contributed by atoms with Crippen LogP contribution in [0.1, 0.15) is 19.3 Å². The monoisotopic (exact) mass is 181 g/mol. The Balaban J connectivity index is 2.41. The standard InChI is InChI=1S/C6H12FNO2S/c1-11(9,10)8-6-3-2-5(7)4-6/h5-6,8H,2-4H2,1H3. The highest BCUT2D eigenvalue weighted by atomic mass is 32.2. The predicted octanol–water partition coefficient (Wildman–Crippen LogP) is 0.426. The molecule has 0 radical (unpaired) electrons. The Kier molecular flexibility index (Phi) is 2.49. The minimum absolute atomic E-state index is 0.181. The third-order valence-electron chi connectivity index (χ3n) is 1.75. The van der Waals surface area contributed by atoms with Gasteiger partial charge in [0.1, 0.15) is 6.17 Å². The van der Waals surface area contributed by atoms with Gasteiger partial charge in [-0.3, -0.25) is 0 Å². The minimum atomic E-state index is -3.15. The lowest BCUT2D eigenvalue weighted by Gasteiger charge is -2.08. The quantitative estimate of drug-likeness (QED) is 0.671. The van der Waals surface area contributed by atoms with Crippen molar-refractivity contribution in [1.82, 2.24) is 4.72 Å². The Hall–Kier alpha value is -0.160. The van der Waals surface area contributed by atoms with Gasteiger partial charge in [0, 0.05) is 6.04 Å². The number of hydrogen-bond acceptors (Lipinski definition) is 2. The van der Waals surface area contributed by atoms with Crippen molar-refractivity contribution in [3.63, 3.8) is 0 Å². The molecule has 0 bridgehead atoms. The molecule has 0 aromatic carbocycles. The Morgan fingerprint density at radius 1 is 1.45 bits per heavy atom. The maximum atomic E-state index is 12.5. The zero-order valence-corrected chi connectivity index (χ0v) is 7.20. The first-order chi connectivity index (χ1) is 4.97. The van der Waals surface area contributed by atoms with Gasteiger partial charge in [0.25, 0.3) is 0 Å². The lowest BCUT2D eigenvalue weighted by Crippen LogP contribution is -2.31. The Bertz CT molecular complexity index is 227. The van der Waals surface area contributed by atoms with Gasteiger partial charge in [-0.05, 0) is 19.3 Å². The van der Waals surface area contributed by atoms with Gasteiger partial charge in [-0.1, -0.05) is 0 Å². The van der Waals surface area contributed by atoms with Crippen molar-refractivity contribution >= 4 is 10.0 Å². The molecule has 1 N–H and O–H groups in total. The molecule has 3 nitrogen and oxygen atoms in total. The molecular formula is C6H12FNO2S. The van der Waals surface area contributed by atoms with E-state index in [0.29, 0.717) is 19.3 Å². The first-order valence-electron chi connectivity index (χ1n) is 3.59. The molecule has 1 fully saturated rings. The maximum Gasteiger partial charge on any atom is 0.208 e. The summed E-state index contributed by atoms with van der Waals surface area (Å²) < 4.78 is 36.2. The van der Waals surface area contributed by atoms with Crippen LogP contribution in [0.3, 0.4) is 0 Å². The van der Waals surface area contributed by atoms with E-state index in [1.54, 1.807) is 0 Å². The van der Waals surface area contributed by atoms with Crippen LogP contribution in [0.25, 0.3) is 0 Å². The van der Waals surface area contributed by atoms with Crippen LogP contribution in [-0.2, 0) is 10.0 Å². The zero-order chi connectivity index (χ0) is 8.48. The first kappa shape index (κ1) is 8.93. The SMILES string of the molecule is CS(=O)(=O)NC1CCC(F)C1. The van der Waals surface area contributed by atoms with Crippen LogP contribution < -0.4 is 4.72 Å². The minimum Gasteiger partial charge on any atom is -0.247 e. The Morgan fingerprint density at radius 3 is 2.45 bits per heavy atom. The molecule has 5 heteroatoms. The maximum absolute atomic E-state index is 12.5. The van der Waals surface area contributed by atoms with Crippen LogP contribution in [0.2, 0.25) is 0 Å². The van der Waals surface area contributed by atoms with E-state index >= 15 is 0 Å². The summed E-state index contributed by atoms with van der Waals surface area (Å²) in [6.45, 7) is 0. The lowest BCUT2D eigenvalue weighted by atomic mass is 10.3. The van der Waals surface area contributed by atoms with E-state index in [1.807, 2.05) is 0 Å². The molecule has 0 aromatic heterocycles. The number of hydrogen-bond donors (Lipinski definition) is 1. The summed E-state index contributed by atoms with van der Waals surface area (Å²) in [7, 11) is -3.15. The fourth-order valence-electron chi connectivity index (χ4n) is 1.34. The smallest absolute Gasteiger partial charge is 0.208 e. The van der Waals surface area contributed by atoms with E-state index in [1.165, 1.54) is 0 Å². The van der Waals surface area contributed by atoms with E-state index in [-0.39, 0.29) is 6.04 Å². The third kappa shape index (κ3) is 3.16. The van der Waals surface area contributed by atoms with Crippen molar-refractivity contribution in [2.75, 3.05) is 6.26 Å². The fourth-order valence-corrected chi connectivity index (χ4v) is 2.16. The van der Waals surface area contributed by atoms with Crippen LogP contribution in [-0.4, -0.2) is 26.9 Å². The molecule has 1 rings (SSSR count). The molecule has 0 aliphatic heterocycles. The van der Waals surface area contributed by atoms with Crippen LogP contribution in [0, 0.1) is 0 Å². The molecular weight excluding hydrogens is 169 g/mol. The second kappa shape index (κ2) is 3.06.